The van der Waals surface area contributed by atoms with E-state index in [2.05, 4.69) is 28.9 Å². The summed E-state index contributed by atoms with van der Waals surface area (Å²) in [6.07, 6.45) is 3.59. The summed E-state index contributed by atoms with van der Waals surface area (Å²) in [4.78, 5) is 6.82. The number of aromatic nitrogens is 1. The molecule has 0 bridgehead atoms. The summed E-state index contributed by atoms with van der Waals surface area (Å²) in [6.45, 7) is 6.07. The van der Waals surface area contributed by atoms with Crippen LogP contribution in [-0.2, 0) is 12.8 Å². The second-order valence-electron chi connectivity index (χ2n) is 7.53. The minimum atomic E-state index is -0.301. The van der Waals surface area contributed by atoms with Crippen LogP contribution in [0.1, 0.15) is 42.3 Å². The van der Waals surface area contributed by atoms with Gasteiger partial charge < -0.3 is 0 Å². The SMILES string of the molecule is Cc1nc(CCCN2CCC3=C(Cc4ccc(Cl)cc43)C2C)c(F)cc1Cl. The summed E-state index contributed by atoms with van der Waals surface area (Å²) in [5.74, 6) is -0.301. The van der Waals surface area contributed by atoms with E-state index >= 15 is 0 Å². The first-order valence-electron chi connectivity index (χ1n) is 9.50. The Labute approximate surface area is 170 Å². The molecule has 142 valence electrons. The minimum absolute atomic E-state index is 0.301. The maximum Gasteiger partial charge on any atom is 0.146 e. The number of halogens is 3. The van der Waals surface area contributed by atoms with Crippen LogP contribution in [-0.4, -0.2) is 29.0 Å². The largest absolute Gasteiger partial charge is 0.297 e. The van der Waals surface area contributed by atoms with Crippen molar-refractivity contribution in [3.05, 3.63) is 68.2 Å². The van der Waals surface area contributed by atoms with Crippen LogP contribution in [0, 0.1) is 12.7 Å². The smallest absolute Gasteiger partial charge is 0.146 e. The zero-order chi connectivity index (χ0) is 19.1. The molecule has 4 rings (SSSR count). The van der Waals surface area contributed by atoms with Gasteiger partial charge in [-0.25, -0.2) is 4.39 Å². The maximum absolute atomic E-state index is 14.1. The van der Waals surface area contributed by atoms with Crippen molar-refractivity contribution in [2.45, 2.75) is 45.6 Å². The van der Waals surface area contributed by atoms with Crippen LogP contribution in [0.3, 0.4) is 0 Å². The molecule has 2 aromatic rings. The lowest BCUT2D eigenvalue weighted by atomic mass is 9.93. The summed E-state index contributed by atoms with van der Waals surface area (Å²) in [5, 5.41) is 1.20. The second-order valence-corrected chi connectivity index (χ2v) is 8.38. The second kappa shape index (κ2) is 7.54. The summed E-state index contributed by atoms with van der Waals surface area (Å²) in [5.41, 5.74) is 6.94. The van der Waals surface area contributed by atoms with Gasteiger partial charge in [-0.3, -0.25) is 9.88 Å². The number of hydrogen-bond acceptors (Lipinski definition) is 2. The Morgan fingerprint density at radius 2 is 2.07 bits per heavy atom. The molecule has 2 aliphatic rings. The summed E-state index contributed by atoms with van der Waals surface area (Å²) in [6, 6.07) is 8.03. The van der Waals surface area contributed by atoms with E-state index in [4.69, 9.17) is 23.2 Å². The lowest BCUT2D eigenvalue weighted by Crippen LogP contribution is -2.39. The standard InChI is InChI=1S/C22H23Cl2FN2/c1-13-20(24)12-21(25)22(26-13)4-3-8-27-9-7-17-18(14(27)2)10-15-5-6-16(23)11-19(15)17/h5-6,11-12,14H,3-4,7-10H2,1-2H3. The highest BCUT2D eigenvalue weighted by Gasteiger charge is 2.31. The van der Waals surface area contributed by atoms with Crippen LogP contribution in [0.25, 0.3) is 5.57 Å². The van der Waals surface area contributed by atoms with Gasteiger partial charge in [-0.05, 0) is 86.5 Å². The first-order chi connectivity index (χ1) is 12.9. The highest BCUT2D eigenvalue weighted by atomic mass is 35.5. The van der Waals surface area contributed by atoms with Crippen LogP contribution in [0.15, 0.2) is 29.8 Å². The van der Waals surface area contributed by atoms with Gasteiger partial charge >= 0.3 is 0 Å². The van der Waals surface area contributed by atoms with E-state index in [1.54, 1.807) is 0 Å². The molecule has 1 aromatic carbocycles. The molecule has 2 nitrogen and oxygen atoms in total. The molecule has 1 unspecified atom stereocenters. The Morgan fingerprint density at radius 1 is 1.26 bits per heavy atom. The predicted molar refractivity (Wildman–Crippen MR) is 110 cm³/mol. The average molecular weight is 405 g/mol. The molecule has 1 atom stereocenters. The highest BCUT2D eigenvalue weighted by molar-refractivity contribution is 6.31. The fourth-order valence-electron chi connectivity index (χ4n) is 4.37. The van der Waals surface area contributed by atoms with Gasteiger partial charge in [0, 0.05) is 17.6 Å². The Kier molecular flexibility index (Phi) is 5.28. The van der Waals surface area contributed by atoms with Crippen molar-refractivity contribution >= 4 is 28.8 Å². The van der Waals surface area contributed by atoms with E-state index in [0.29, 0.717) is 28.9 Å². The van der Waals surface area contributed by atoms with Gasteiger partial charge in [0.1, 0.15) is 5.82 Å². The molecule has 1 aliphatic carbocycles. The lowest BCUT2D eigenvalue weighted by Gasteiger charge is -2.35. The molecule has 0 amide bonds. The number of benzene rings is 1. The third-order valence-corrected chi connectivity index (χ3v) is 6.52. The molecule has 0 spiro atoms. The zero-order valence-corrected chi connectivity index (χ0v) is 17.2. The van der Waals surface area contributed by atoms with Crippen molar-refractivity contribution in [1.82, 2.24) is 9.88 Å². The number of rotatable bonds is 4. The van der Waals surface area contributed by atoms with Gasteiger partial charge in [0.25, 0.3) is 0 Å². The van der Waals surface area contributed by atoms with Crippen molar-refractivity contribution < 1.29 is 4.39 Å². The van der Waals surface area contributed by atoms with Crippen LogP contribution >= 0.6 is 23.2 Å². The highest BCUT2D eigenvalue weighted by Crippen LogP contribution is 2.41. The number of aryl methyl sites for hydroxylation is 2. The molecule has 2 heterocycles. The Morgan fingerprint density at radius 3 is 2.89 bits per heavy atom. The Hall–Kier alpha value is -1.42. The normalized spacial score (nSPS) is 19.4. The topological polar surface area (TPSA) is 16.1 Å². The van der Waals surface area contributed by atoms with Crippen molar-refractivity contribution in [1.29, 1.82) is 0 Å². The third-order valence-electron chi connectivity index (χ3n) is 5.90. The van der Waals surface area contributed by atoms with Gasteiger partial charge in [0.2, 0.25) is 0 Å². The first kappa shape index (κ1) is 18.9. The van der Waals surface area contributed by atoms with Gasteiger partial charge in [0.15, 0.2) is 0 Å². The Balaban J connectivity index is 1.41. The van der Waals surface area contributed by atoms with E-state index in [1.807, 2.05) is 13.0 Å². The van der Waals surface area contributed by atoms with Crippen LogP contribution in [0.5, 0.6) is 0 Å². The maximum atomic E-state index is 14.1. The molecule has 27 heavy (non-hydrogen) atoms. The van der Waals surface area contributed by atoms with Crippen molar-refractivity contribution in [2.24, 2.45) is 0 Å². The van der Waals surface area contributed by atoms with Crippen molar-refractivity contribution in [2.75, 3.05) is 13.1 Å². The Bertz CT molecular complexity index is 923. The molecule has 0 N–H and O–H groups in total. The molecule has 1 aliphatic heterocycles. The van der Waals surface area contributed by atoms with Gasteiger partial charge in [0.05, 0.1) is 16.4 Å². The fraction of sp³-hybridized carbons (Fsp3) is 0.409. The number of pyridine rings is 1. The van der Waals surface area contributed by atoms with Crippen LogP contribution in [0.2, 0.25) is 10.0 Å². The number of nitrogens with zero attached hydrogens (tertiary/aromatic N) is 2. The van der Waals surface area contributed by atoms with E-state index < -0.39 is 0 Å². The molecule has 0 radical (unpaired) electrons. The molecule has 0 fully saturated rings. The monoisotopic (exact) mass is 404 g/mol. The summed E-state index contributed by atoms with van der Waals surface area (Å²) < 4.78 is 14.1. The molecular formula is C22H23Cl2FN2. The van der Waals surface area contributed by atoms with Crippen molar-refractivity contribution in [3.63, 3.8) is 0 Å². The zero-order valence-electron chi connectivity index (χ0n) is 15.7. The molecule has 0 saturated carbocycles. The van der Waals surface area contributed by atoms with E-state index in [0.717, 1.165) is 37.4 Å². The van der Waals surface area contributed by atoms with Gasteiger partial charge in [-0.15, -0.1) is 0 Å². The minimum Gasteiger partial charge on any atom is -0.297 e. The van der Waals surface area contributed by atoms with Gasteiger partial charge in [-0.1, -0.05) is 29.3 Å². The number of fused-ring (bicyclic) bond motifs is 2. The first-order valence-corrected chi connectivity index (χ1v) is 10.3. The molecular weight excluding hydrogens is 382 g/mol. The molecule has 0 saturated heterocycles. The fourth-order valence-corrected chi connectivity index (χ4v) is 4.68. The lowest BCUT2D eigenvalue weighted by molar-refractivity contribution is 0.224. The van der Waals surface area contributed by atoms with E-state index in [9.17, 15) is 4.39 Å². The summed E-state index contributed by atoms with van der Waals surface area (Å²) in [7, 11) is 0. The average Bonchev–Trinajstić information content (AvgIpc) is 3.00. The third kappa shape index (κ3) is 3.65. The molecule has 1 aromatic heterocycles. The van der Waals surface area contributed by atoms with Crippen molar-refractivity contribution in [3.8, 4) is 0 Å². The predicted octanol–water partition coefficient (Wildman–Crippen LogP) is 5.87. The van der Waals surface area contributed by atoms with Gasteiger partial charge in [-0.2, -0.15) is 0 Å². The van der Waals surface area contributed by atoms with Crippen LogP contribution < -0.4 is 0 Å². The van der Waals surface area contributed by atoms with E-state index in [-0.39, 0.29) is 5.82 Å². The summed E-state index contributed by atoms with van der Waals surface area (Å²) >= 11 is 12.1. The molecule has 5 heteroatoms. The quantitative estimate of drug-likeness (QED) is 0.632. The van der Waals surface area contributed by atoms with Crippen LogP contribution in [0.4, 0.5) is 4.39 Å². The van der Waals surface area contributed by atoms with E-state index in [1.165, 1.54) is 28.3 Å². The number of hydrogen-bond donors (Lipinski definition) is 0.